The van der Waals surface area contributed by atoms with E-state index in [9.17, 15) is 18.0 Å². The van der Waals surface area contributed by atoms with Crippen molar-refractivity contribution in [3.8, 4) is 46.0 Å². The van der Waals surface area contributed by atoms with Crippen LogP contribution in [-0.2, 0) is 29.7 Å². The fraction of sp³-hybridized carbons (Fsp3) is 0.444. The Morgan fingerprint density at radius 3 is 2.21 bits per heavy atom. The van der Waals surface area contributed by atoms with Gasteiger partial charge in [0.15, 0.2) is 29.6 Å². The van der Waals surface area contributed by atoms with Gasteiger partial charge in [0, 0.05) is 11.3 Å². The third-order valence-electron chi connectivity index (χ3n) is 12.0. The summed E-state index contributed by atoms with van der Waals surface area (Å²) in [7, 11) is -1.20. The number of nitrogens with one attached hydrogen (secondary N) is 2. The van der Waals surface area contributed by atoms with Crippen LogP contribution in [0.25, 0.3) is 33.8 Å². The van der Waals surface area contributed by atoms with Crippen LogP contribution >= 0.6 is 0 Å². The first-order chi connectivity index (χ1) is 34.8. The Bertz CT molecular complexity index is 3130. The van der Waals surface area contributed by atoms with Crippen LogP contribution in [-0.4, -0.2) is 89.2 Å². The molecule has 3 heterocycles. The molecule has 0 saturated heterocycles. The van der Waals surface area contributed by atoms with Crippen LogP contribution in [0, 0.1) is 11.3 Å². The molecule has 0 saturated carbocycles. The highest BCUT2D eigenvalue weighted by molar-refractivity contribution is 7.92. The van der Waals surface area contributed by atoms with Gasteiger partial charge in [0.2, 0.25) is 11.4 Å². The number of anilines is 1. The van der Waals surface area contributed by atoms with Gasteiger partial charge in [-0.25, -0.2) is 23.0 Å². The molecule has 0 amide bonds. The number of fused-ring (bicyclic) bond motifs is 2. The van der Waals surface area contributed by atoms with Crippen molar-refractivity contribution >= 4 is 44.3 Å². The lowest BCUT2D eigenvalue weighted by molar-refractivity contribution is -0.147. The van der Waals surface area contributed by atoms with E-state index in [0.717, 1.165) is 37.7 Å². The zero-order chi connectivity index (χ0) is 52.5. The molecule has 390 valence electrons. The molecule has 0 aliphatic carbocycles. The first-order valence-electron chi connectivity index (χ1n) is 24.8. The van der Waals surface area contributed by atoms with Crippen molar-refractivity contribution in [2.45, 2.75) is 117 Å². The molecule has 0 aliphatic heterocycles. The van der Waals surface area contributed by atoms with E-state index in [1.54, 1.807) is 60.7 Å². The number of methoxy groups -OCH3 is 2. The lowest BCUT2D eigenvalue weighted by Crippen LogP contribution is -2.25. The van der Waals surface area contributed by atoms with Gasteiger partial charge in [-0.2, -0.15) is 0 Å². The number of carbonyl (C=O) groups is 2. The average molecular weight is 1020 g/mol. The summed E-state index contributed by atoms with van der Waals surface area (Å²) < 4.78 is 67.6. The van der Waals surface area contributed by atoms with Crippen LogP contribution in [0.15, 0.2) is 83.8 Å². The summed E-state index contributed by atoms with van der Waals surface area (Å²) in [5.41, 5.74) is 2.63. The van der Waals surface area contributed by atoms with Crippen molar-refractivity contribution in [3.05, 3.63) is 90.0 Å². The second-order valence-corrected chi connectivity index (χ2v) is 22.0. The number of sulfonamides is 1. The number of H-pyrrole nitrogens is 1. The van der Waals surface area contributed by atoms with E-state index in [-0.39, 0.29) is 56.5 Å². The molecule has 0 unspecified atom stereocenters. The molecule has 19 heteroatoms. The molecule has 0 aliphatic rings. The number of benzene rings is 4. The van der Waals surface area contributed by atoms with E-state index in [1.165, 1.54) is 48.6 Å². The first-order valence-corrected chi connectivity index (χ1v) is 26.3. The summed E-state index contributed by atoms with van der Waals surface area (Å²) >= 11 is 0. The normalized spacial score (nSPS) is 12.1. The first kappa shape index (κ1) is 53.6. The zero-order valence-corrected chi connectivity index (χ0v) is 44.4. The van der Waals surface area contributed by atoms with Crippen LogP contribution in [0.5, 0.6) is 28.9 Å². The van der Waals surface area contributed by atoms with Crippen molar-refractivity contribution in [1.29, 1.82) is 0 Å². The van der Waals surface area contributed by atoms with Gasteiger partial charge in [0.05, 0.1) is 33.0 Å². The molecular weight excluding hydrogens is 953 g/mol. The van der Waals surface area contributed by atoms with Crippen molar-refractivity contribution in [2.24, 2.45) is 11.3 Å². The van der Waals surface area contributed by atoms with Gasteiger partial charge >= 0.3 is 11.9 Å². The SMILES string of the molecule is CCCCCCCCOc1ccc(C(C)(C)CC(C)(C)C)cc1S(=O)(=O)Nc1cccc(-c2nc3c(-n4nc5ccc(C(=O)OCC(=O)OCCC(C)C)cc5n4)c(Oc4c(OC)cccc4OC)nn3[nH]2)c1. The number of nitrogens with zero attached hydrogens (tertiary/aromatic N) is 6. The molecule has 0 spiro atoms. The summed E-state index contributed by atoms with van der Waals surface area (Å²) in [4.78, 5) is 31.5. The van der Waals surface area contributed by atoms with Gasteiger partial charge in [-0.15, -0.1) is 24.7 Å². The fourth-order valence-electron chi connectivity index (χ4n) is 8.67. The van der Waals surface area contributed by atoms with E-state index in [1.807, 2.05) is 19.9 Å². The molecule has 73 heavy (non-hydrogen) atoms. The number of unbranched alkanes of at least 4 members (excludes halogenated alkanes) is 5. The maximum absolute atomic E-state index is 14.5. The monoisotopic (exact) mass is 1020 g/mol. The molecule has 4 aromatic carbocycles. The molecule has 0 fully saturated rings. The predicted molar refractivity (Wildman–Crippen MR) is 279 cm³/mol. The van der Waals surface area contributed by atoms with Crippen molar-refractivity contribution in [2.75, 3.05) is 38.8 Å². The Balaban J connectivity index is 1.21. The minimum atomic E-state index is -4.19. The Morgan fingerprint density at radius 2 is 1.49 bits per heavy atom. The number of aromatic amines is 1. The van der Waals surface area contributed by atoms with Crippen LogP contribution < -0.4 is 23.7 Å². The molecule has 2 N–H and O–H groups in total. The van der Waals surface area contributed by atoms with E-state index >= 15 is 0 Å². The smallest absolute Gasteiger partial charge is 0.344 e. The van der Waals surface area contributed by atoms with Crippen molar-refractivity contribution in [3.63, 3.8) is 0 Å². The number of carbonyl (C=O) groups excluding carboxylic acids is 2. The number of esters is 2. The summed E-state index contributed by atoms with van der Waals surface area (Å²) in [6.45, 7) is 17.1. The summed E-state index contributed by atoms with van der Waals surface area (Å²) in [6, 6.07) is 22.1. The summed E-state index contributed by atoms with van der Waals surface area (Å²) in [6.07, 6.45) is 7.96. The van der Waals surface area contributed by atoms with Gasteiger partial charge < -0.3 is 28.4 Å². The lowest BCUT2D eigenvalue weighted by atomic mass is 9.72. The second kappa shape index (κ2) is 23.2. The minimum Gasteiger partial charge on any atom is -0.493 e. The topological polar surface area (TPSA) is 212 Å². The van der Waals surface area contributed by atoms with Crippen LogP contribution in [0.4, 0.5) is 5.69 Å². The number of ether oxygens (including phenoxy) is 6. The Labute approximate surface area is 427 Å². The predicted octanol–water partition coefficient (Wildman–Crippen LogP) is 11.3. The number of aromatic nitrogens is 7. The van der Waals surface area contributed by atoms with Crippen molar-refractivity contribution < 1.29 is 46.4 Å². The third kappa shape index (κ3) is 13.5. The second-order valence-electron chi connectivity index (χ2n) is 20.3. The van der Waals surface area contributed by atoms with Gasteiger partial charge in [0.25, 0.3) is 15.9 Å². The van der Waals surface area contributed by atoms with E-state index < -0.39 is 28.6 Å². The van der Waals surface area contributed by atoms with E-state index in [0.29, 0.717) is 58.6 Å². The quantitative estimate of drug-likeness (QED) is 0.0403. The molecule has 0 atom stereocenters. The standard InChI is InChI=1S/C54H68N8O10S/c1-11-12-13-14-15-16-28-69-42-26-24-38(54(7,8)34-53(4,5)6)32-45(42)73(65,66)60-39-20-17-19-36(30-39)49-55-50-47(51(59-62(50)58-49)72-48-43(67-9)21-18-22-44(48)68-10)61-56-40-25-23-37(31-41(40)57-61)52(64)71-33-46(63)70-29-27-35(2)3/h17-26,30-32,35,60H,11-16,27-29,33-34H2,1-10H3,(H,55,58). The zero-order valence-electron chi connectivity index (χ0n) is 43.5. The third-order valence-corrected chi connectivity index (χ3v) is 13.4. The maximum Gasteiger partial charge on any atom is 0.344 e. The number of rotatable bonds is 25. The fourth-order valence-corrected chi connectivity index (χ4v) is 9.89. The van der Waals surface area contributed by atoms with E-state index in [4.69, 9.17) is 48.7 Å². The van der Waals surface area contributed by atoms with Crippen molar-refractivity contribution in [1.82, 2.24) is 34.8 Å². The lowest BCUT2D eigenvalue weighted by Gasteiger charge is -2.33. The Morgan fingerprint density at radius 1 is 0.781 bits per heavy atom. The van der Waals surface area contributed by atoms with Gasteiger partial charge in [-0.1, -0.05) is 112 Å². The highest BCUT2D eigenvalue weighted by Gasteiger charge is 2.31. The van der Waals surface area contributed by atoms with Gasteiger partial charge in [-0.3, -0.25) is 9.82 Å². The Hall–Kier alpha value is -7.15. The molecule has 0 bridgehead atoms. The molecular formula is C54H68N8O10S. The molecule has 7 aromatic rings. The Kier molecular flexibility index (Phi) is 17.0. The molecule has 0 radical (unpaired) electrons. The highest BCUT2D eigenvalue weighted by atomic mass is 32.2. The van der Waals surface area contributed by atoms with Crippen LogP contribution in [0.2, 0.25) is 0 Å². The largest absolute Gasteiger partial charge is 0.493 e. The summed E-state index contributed by atoms with van der Waals surface area (Å²) in [5, 5.41) is 17.3. The number of hydrogen-bond donors (Lipinski definition) is 2. The van der Waals surface area contributed by atoms with Crippen LogP contribution in [0.1, 0.15) is 123 Å². The van der Waals surface area contributed by atoms with Gasteiger partial charge in [-0.05, 0) is 96.2 Å². The van der Waals surface area contributed by atoms with Gasteiger partial charge in [0.1, 0.15) is 21.7 Å². The van der Waals surface area contributed by atoms with E-state index in [2.05, 4.69) is 51.4 Å². The minimum absolute atomic E-state index is 0.00255. The average Bonchev–Trinajstić information content (AvgIpc) is 4.05. The maximum atomic E-state index is 14.5. The molecule has 7 rings (SSSR count). The number of para-hydroxylation sites is 1. The highest BCUT2D eigenvalue weighted by Crippen LogP contribution is 2.43. The summed E-state index contributed by atoms with van der Waals surface area (Å²) in [5.74, 6) is 0.522. The number of hydrogen-bond acceptors (Lipinski definition) is 14. The van der Waals surface area contributed by atoms with Crippen LogP contribution in [0.3, 0.4) is 0 Å². The molecule has 3 aromatic heterocycles. The molecule has 18 nitrogen and oxygen atoms in total.